The van der Waals surface area contributed by atoms with Crippen LogP contribution in [0.25, 0.3) is 0 Å². The van der Waals surface area contributed by atoms with Gasteiger partial charge in [-0.25, -0.2) is 4.68 Å². The molecular formula is C12H14N4O2. The lowest BCUT2D eigenvalue weighted by atomic mass is 10.2. The van der Waals surface area contributed by atoms with Gasteiger partial charge in [0.25, 0.3) is 5.91 Å². The van der Waals surface area contributed by atoms with E-state index in [1.165, 1.54) is 17.3 Å². The third kappa shape index (κ3) is 2.85. The zero-order valence-corrected chi connectivity index (χ0v) is 10.2. The number of aryl methyl sites for hydroxylation is 1. The van der Waals surface area contributed by atoms with E-state index in [1.807, 2.05) is 31.2 Å². The van der Waals surface area contributed by atoms with Gasteiger partial charge in [0.05, 0.1) is 0 Å². The summed E-state index contributed by atoms with van der Waals surface area (Å²) in [7, 11) is 0. The fraction of sp³-hybridized carbons (Fsp3) is 0.250. The average molecular weight is 246 g/mol. The lowest BCUT2D eigenvalue weighted by molar-refractivity contribution is -0.123. The quantitative estimate of drug-likeness (QED) is 0.877. The normalized spacial score (nSPS) is 11.9. The Bertz CT molecular complexity index is 525. The van der Waals surface area contributed by atoms with Crippen molar-refractivity contribution in [3.8, 4) is 5.75 Å². The van der Waals surface area contributed by atoms with E-state index in [9.17, 15) is 4.79 Å². The zero-order valence-electron chi connectivity index (χ0n) is 10.2. The Hall–Kier alpha value is -2.37. The number of aromatic nitrogens is 3. The molecule has 1 aromatic heterocycles. The van der Waals surface area contributed by atoms with Gasteiger partial charge in [-0.3, -0.25) is 10.2 Å². The van der Waals surface area contributed by atoms with E-state index in [0.717, 1.165) is 5.56 Å². The van der Waals surface area contributed by atoms with Gasteiger partial charge in [-0.2, -0.15) is 0 Å². The van der Waals surface area contributed by atoms with Crippen LogP contribution >= 0.6 is 0 Å². The van der Waals surface area contributed by atoms with Crippen molar-refractivity contribution in [3.05, 3.63) is 42.5 Å². The molecule has 6 nitrogen and oxygen atoms in total. The first-order chi connectivity index (χ1) is 8.66. The van der Waals surface area contributed by atoms with E-state index >= 15 is 0 Å². The second kappa shape index (κ2) is 5.31. The van der Waals surface area contributed by atoms with Crippen molar-refractivity contribution < 1.29 is 9.53 Å². The Kier molecular flexibility index (Phi) is 3.57. The van der Waals surface area contributed by atoms with Crippen molar-refractivity contribution in [2.75, 3.05) is 5.43 Å². The van der Waals surface area contributed by atoms with Gasteiger partial charge in [-0.15, -0.1) is 10.2 Å². The van der Waals surface area contributed by atoms with Crippen molar-refractivity contribution in [2.24, 2.45) is 0 Å². The maximum absolute atomic E-state index is 11.8. The van der Waals surface area contributed by atoms with Gasteiger partial charge in [0.1, 0.15) is 18.4 Å². The molecule has 0 saturated carbocycles. The fourth-order valence-corrected chi connectivity index (χ4v) is 1.41. The van der Waals surface area contributed by atoms with Gasteiger partial charge < -0.3 is 4.74 Å². The zero-order chi connectivity index (χ0) is 13.0. The SMILES string of the molecule is Cc1ccccc1OC(C)C(=O)Nn1cnnc1. The molecule has 0 radical (unpaired) electrons. The predicted octanol–water partition coefficient (Wildman–Crippen LogP) is 1.12. The van der Waals surface area contributed by atoms with Gasteiger partial charge in [-0.05, 0) is 25.5 Å². The van der Waals surface area contributed by atoms with Crippen molar-refractivity contribution >= 4 is 5.91 Å². The monoisotopic (exact) mass is 246 g/mol. The largest absolute Gasteiger partial charge is 0.481 e. The second-order valence-electron chi connectivity index (χ2n) is 3.87. The number of benzene rings is 1. The summed E-state index contributed by atoms with van der Waals surface area (Å²) in [4.78, 5) is 11.8. The van der Waals surface area contributed by atoms with Crippen molar-refractivity contribution in [2.45, 2.75) is 20.0 Å². The molecule has 1 N–H and O–H groups in total. The number of hydrogen-bond acceptors (Lipinski definition) is 4. The number of hydrogen-bond donors (Lipinski definition) is 1. The maximum Gasteiger partial charge on any atom is 0.279 e. The number of para-hydroxylation sites is 1. The predicted molar refractivity (Wildman–Crippen MR) is 65.7 cm³/mol. The lowest BCUT2D eigenvalue weighted by Crippen LogP contribution is -2.34. The van der Waals surface area contributed by atoms with Crippen molar-refractivity contribution in [1.82, 2.24) is 14.9 Å². The van der Waals surface area contributed by atoms with E-state index in [4.69, 9.17) is 4.74 Å². The number of nitrogens with one attached hydrogen (secondary N) is 1. The van der Waals surface area contributed by atoms with Crippen LogP contribution in [0.2, 0.25) is 0 Å². The molecule has 2 aromatic rings. The summed E-state index contributed by atoms with van der Waals surface area (Å²) in [5, 5.41) is 7.18. The van der Waals surface area contributed by atoms with Crippen LogP contribution in [-0.2, 0) is 4.79 Å². The van der Waals surface area contributed by atoms with Crippen molar-refractivity contribution in [3.63, 3.8) is 0 Å². The third-order valence-electron chi connectivity index (χ3n) is 2.42. The van der Waals surface area contributed by atoms with Crippen LogP contribution in [0.15, 0.2) is 36.9 Å². The summed E-state index contributed by atoms with van der Waals surface area (Å²) in [6, 6.07) is 7.55. The molecule has 0 bridgehead atoms. The average Bonchev–Trinajstić information content (AvgIpc) is 2.84. The molecule has 18 heavy (non-hydrogen) atoms. The Balaban J connectivity index is 1.97. The number of carbonyl (C=O) groups is 1. The number of nitrogens with zero attached hydrogens (tertiary/aromatic N) is 3. The van der Waals surface area contributed by atoms with E-state index < -0.39 is 6.10 Å². The standard InChI is InChI=1S/C12H14N4O2/c1-9-5-3-4-6-11(9)18-10(2)12(17)15-16-7-13-14-8-16/h3-8,10H,1-2H3,(H,15,17). The molecule has 0 aliphatic rings. The summed E-state index contributed by atoms with van der Waals surface area (Å²) >= 11 is 0. The van der Waals surface area contributed by atoms with E-state index in [0.29, 0.717) is 5.75 Å². The van der Waals surface area contributed by atoms with Crippen LogP contribution in [0, 0.1) is 6.92 Å². The van der Waals surface area contributed by atoms with Gasteiger partial charge in [0.15, 0.2) is 6.10 Å². The highest BCUT2D eigenvalue weighted by molar-refractivity contribution is 5.87. The van der Waals surface area contributed by atoms with E-state index in [-0.39, 0.29) is 5.91 Å². The highest BCUT2D eigenvalue weighted by Gasteiger charge is 2.15. The molecule has 1 aromatic carbocycles. The van der Waals surface area contributed by atoms with E-state index in [1.54, 1.807) is 6.92 Å². The van der Waals surface area contributed by atoms with Crippen LogP contribution in [0.1, 0.15) is 12.5 Å². The van der Waals surface area contributed by atoms with Crippen molar-refractivity contribution in [1.29, 1.82) is 0 Å². The minimum absolute atomic E-state index is 0.266. The summed E-state index contributed by atoms with van der Waals surface area (Å²) < 4.78 is 6.96. The first-order valence-electron chi connectivity index (χ1n) is 5.54. The molecule has 0 spiro atoms. The Morgan fingerprint density at radius 3 is 2.67 bits per heavy atom. The molecule has 0 aliphatic heterocycles. The van der Waals surface area contributed by atoms with Crippen LogP contribution < -0.4 is 10.2 Å². The fourth-order valence-electron chi connectivity index (χ4n) is 1.41. The second-order valence-corrected chi connectivity index (χ2v) is 3.87. The van der Waals surface area contributed by atoms with Crippen LogP contribution in [-0.4, -0.2) is 26.9 Å². The van der Waals surface area contributed by atoms with Gasteiger partial charge >= 0.3 is 0 Å². The minimum atomic E-state index is -0.603. The van der Waals surface area contributed by atoms with Crippen LogP contribution in [0.4, 0.5) is 0 Å². The molecule has 1 atom stereocenters. The van der Waals surface area contributed by atoms with Gasteiger partial charge in [0, 0.05) is 0 Å². The number of amides is 1. The topological polar surface area (TPSA) is 69.0 Å². The Labute approximate surface area is 105 Å². The number of ether oxygens (including phenoxy) is 1. The smallest absolute Gasteiger partial charge is 0.279 e. The molecule has 0 saturated heterocycles. The number of rotatable bonds is 4. The summed E-state index contributed by atoms with van der Waals surface area (Å²) in [5.41, 5.74) is 3.58. The highest BCUT2D eigenvalue weighted by Crippen LogP contribution is 2.17. The van der Waals surface area contributed by atoms with Gasteiger partial charge in [0.2, 0.25) is 0 Å². The van der Waals surface area contributed by atoms with Crippen LogP contribution in [0.5, 0.6) is 5.75 Å². The molecule has 0 fully saturated rings. The molecule has 1 unspecified atom stereocenters. The molecule has 6 heteroatoms. The molecule has 1 amide bonds. The number of carbonyl (C=O) groups excluding carboxylic acids is 1. The molecular weight excluding hydrogens is 232 g/mol. The lowest BCUT2D eigenvalue weighted by Gasteiger charge is -2.15. The molecule has 1 heterocycles. The summed E-state index contributed by atoms with van der Waals surface area (Å²) in [6.07, 6.45) is 2.20. The summed E-state index contributed by atoms with van der Waals surface area (Å²) in [6.45, 7) is 3.62. The van der Waals surface area contributed by atoms with E-state index in [2.05, 4.69) is 15.6 Å². The van der Waals surface area contributed by atoms with Gasteiger partial charge in [-0.1, -0.05) is 18.2 Å². The molecule has 94 valence electrons. The third-order valence-corrected chi connectivity index (χ3v) is 2.42. The minimum Gasteiger partial charge on any atom is -0.481 e. The van der Waals surface area contributed by atoms with Crippen LogP contribution in [0.3, 0.4) is 0 Å². The Morgan fingerprint density at radius 1 is 1.33 bits per heavy atom. The molecule has 0 aliphatic carbocycles. The maximum atomic E-state index is 11.8. The molecule has 2 rings (SSSR count). The summed E-state index contributed by atoms with van der Waals surface area (Å²) in [5.74, 6) is 0.432. The first kappa shape index (κ1) is 12.1. The Morgan fingerprint density at radius 2 is 2.00 bits per heavy atom. The first-order valence-corrected chi connectivity index (χ1v) is 5.54. The highest BCUT2D eigenvalue weighted by atomic mass is 16.5.